The van der Waals surface area contributed by atoms with E-state index in [1.54, 1.807) is 0 Å². The van der Waals surface area contributed by atoms with E-state index in [-0.39, 0.29) is 11.8 Å². The number of nitrogens with one attached hydrogen (secondary N) is 1. The number of benzene rings is 2. The lowest BCUT2D eigenvalue weighted by Crippen LogP contribution is -1.86. The zero-order valence-corrected chi connectivity index (χ0v) is 10.8. The zero-order chi connectivity index (χ0) is 14.2. The number of nitrogen functional groups attached to an aromatic ring is 1. The summed E-state index contributed by atoms with van der Waals surface area (Å²) in [5.74, 6) is 1.24. The van der Waals surface area contributed by atoms with Gasteiger partial charge in [0.15, 0.2) is 0 Å². The summed E-state index contributed by atoms with van der Waals surface area (Å²) in [5.41, 5.74) is 6.36. The van der Waals surface area contributed by atoms with Gasteiger partial charge in [0.05, 0.1) is 0 Å². The molecule has 2 aromatic heterocycles. The van der Waals surface area contributed by atoms with E-state index in [1.807, 2.05) is 42.5 Å². The van der Waals surface area contributed by atoms with Gasteiger partial charge >= 0.3 is 0 Å². The Bertz CT molecular complexity index is 921. The fourth-order valence-electron chi connectivity index (χ4n) is 2.22. The number of fused-ring (bicyclic) bond motifs is 1. The zero-order valence-electron chi connectivity index (χ0n) is 10.8. The molecule has 2 heterocycles. The third kappa shape index (κ3) is 1.91. The lowest BCUT2D eigenvalue weighted by Gasteiger charge is -2.01. The van der Waals surface area contributed by atoms with E-state index in [1.165, 1.54) is 0 Å². The number of hydrogen-bond acceptors (Lipinski definition) is 6. The van der Waals surface area contributed by atoms with E-state index in [9.17, 15) is 0 Å². The van der Waals surface area contributed by atoms with Crippen molar-refractivity contribution < 1.29 is 4.52 Å². The average Bonchev–Trinajstić information content (AvgIpc) is 3.15. The number of aromatic nitrogens is 5. The van der Waals surface area contributed by atoms with Gasteiger partial charge in [-0.15, -0.1) is 5.10 Å². The van der Waals surface area contributed by atoms with Crippen LogP contribution in [-0.4, -0.2) is 25.3 Å². The molecule has 3 N–H and O–H groups in total. The van der Waals surface area contributed by atoms with Gasteiger partial charge in [-0.05, 0) is 10.8 Å². The molecule has 0 aliphatic carbocycles. The number of nitrogens with two attached hydrogens (primary N) is 1. The van der Waals surface area contributed by atoms with Crippen LogP contribution in [0.1, 0.15) is 0 Å². The summed E-state index contributed by atoms with van der Waals surface area (Å²) in [6, 6.07) is 14.0. The molecule has 0 aliphatic rings. The van der Waals surface area contributed by atoms with E-state index in [0.717, 1.165) is 16.3 Å². The molecule has 0 radical (unpaired) electrons. The number of aromatic amines is 1. The van der Waals surface area contributed by atoms with Gasteiger partial charge in [0.2, 0.25) is 17.6 Å². The smallest absolute Gasteiger partial charge is 0.295 e. The number of rotatable bonds is 2. The Morgan fingerprint density at radius 2 is 1.86 bits per heavy atom. The molecule has 102 valence electrons. The Labute approximate surface area is 118 Å². The highest BCUT2D eigenvalue weighted by Crippen LogP contribution is 2.27. The summed E-state index contributed by atoms with van der Waals surface area (Å²) in [6.45, 7) is 0. The van der Waals surface area contributed by atoms with Crippen molar-refractivity contribution in [2.75, 3.05) is 5.73 Å². The first-order chi connectivity index (χ1) is 10.3. The van der Waals surface area contributed by atoms with Gasteiger partial charge in [0.1, 0.15) is 0 Å². The van der Waals surface area contributed by atoms with Gasteiger partial charge in [-0.3, -0.25) is 5.10 Å². The highest BCUT2D eigenvalue weighted by Gasteiger charge is 2.15. The predicted molar refractivity (Wildman–Crippen MR) is 77.0 cm³/mol. The van der Waals surface area contributed by atoms with Crippen LogP contribution >= 0.6 is 0 Å². The Balaban J connectivity index is 1.85. The summed E-state index contributed by atoms with van der Waals surface area (Å²) < 4.78 is 5.22. The van der Waals surface area contributed by atoms with Crippen LogP contribution in [0.3, 0.4) is 0 Å². The van der Waals surface area contributed by atoms with Gasteiger partial charge in [0.25, 0.3) is 5.89 Å². The molecule has 0 aliphatic heterocycles. The molecule has 4 aromatic rings. The van der Waals surface area contributed by atoms with Gasteiger partial charge in [-0.25, -0.2) is 0 Å². The second-order valence-corrected chi connectivity index (χ2v) is 4.49. The predicted octanol–water partition coefficient (Wildman–Crippen LogP) is 2.26. The van der Waals surface area contributed by atoms with E-state index in [4.69, 9.17) is 10.3 Å². The molecular weight excluding hydrogens is 268 g/mol. The topological polar surface area (TPSA) is 107 Å². The van der Waals surface area contributed by atoms with E-state index in [2.05, 4.69) is 25.3 Å². The van der Waals surface area contributed by atoms with Crippen molar-refractivity contribution in [3.05, 3.63) is 42.5 Å². The summed E-state index contributed by atoms with van der Waals surface area (Å²) in [6.07, 6.45) is 0. The Hall–Kier alpha value is -3.22. The van der Waals surface area contributed by atoms with Crippen molar-refractivity contribution in [3.8, 4) is 23.1 Å². The minimum atomic E-state index is 0.134. The molecule has 7 nitrogen and oxygen atoms in total. The molecule has 0 amide bonds. The molecule has 0 fully saturated rings. The number of hydrogen-bond donors (Lipinski definition) is 2. The van der Waals surface area contributed by atoms with Crippen LogP contribution in [-0.2, 0) is 0 Å². The van der Waals surface area contributed by atoms with Gasteiger partial charge in [-0.1, -0.05) is 47.6 Å². The lowest BCUT2D eigenvalue weighted by atomic mass is 10.0. The Kier molecular flexibility index (Phi) is 2.43. The molecule has 0 bridgehead atoms. The summed E-state index contributed by atoms with van der Waals surface area (Å²) >= 11 is 0. The first kappa shape index (κ1) is 11.6. The van der Waals surface area contributed by atoms with Gasteiger partial charge < -0.3 is 10.3 Å². The molecule has 0 spiro atoms. The largest absolute Gasteiger partial charge is 0.366 e. The second-order valence-electron chi connectivity index (χ2n) is 4.49. The van der Waals surface area contributed by atoms with Crippen LogP contribution in [0.5, 0.6) is 0 Å². The van der Waals surface area contributed by atoms with Crippen LogP contribution in [0, 0.1) is 0 Å². The van der Waals surface area contributed by atoms with Crippen LogP contribution in [0.2, 0.25) is 0 Å². The highest BCUT2D eigenvalue weighted by atomic mass is 16.5. The van der Waals surface area contributed by atoms with E-state index >= 15 is 0 Å². The van der Waals surface area contributed by atoms with Crippen molar-refractivity contribution in [3.63, 3.8) is 0 Å². The van der Waals surface area contributed by atoms with Crippen molar-refractivity contribution in [2.24, 2.45) is 0 Å². The highest BCUT2D eigenvalue weighted by molar-refractivity contribution is 5.95. The molecule has 21 heavy (non-hydrogen) atoms. The van der Waals surface area contributed by atoms with Crippen LogP contribution in [0.15, 0.2) is 47.0 Å². The van der Waals surface area contributed by atoms with Crippen molar-refractivity contribution in [1.82, 2.24) is 25.3 Å². The molecule has 7 heteroatoms. The molecule has 0 saturated carbocycles. The maximum absolute atomic E-state index is 5.46. The van der Waals surface area contributed by atoms with E-state index in [0.29, 0.717) is 11.6 Å². The first-order valence-corrected chi connectivity index (χ1v) is 6.31. The van der Waals surface area contributed by atoms with E-state index < -0.39 is 0 Å². The lowest BCUT2D eigenvalue weighted by molar-refractivity contribution is 0.429. The maximum atomic E-state index is 5.46. The summed E-state index contributed by atoms with van der Waals surface area (Å²) in [7, 11) is 0. The third-order valence-corrected chi connectivity index (χ3v) is 3.16. The maximum Gasteiger partial charge on any atom is 0.295 e. The molecule has 0 atom stereocenters. The minimum Gasteiger partial charge on any atom is -0.366 e. The molecule has 0 unspecified atom stereocenters. The number of H-pyrrole nitrogens is 1. The molecule has 4 rings (SSSR count). The number of anilines is 1. The fraction of sp³-hybridized carbons (Fsp3) is 0. The first-order valence-electron chi connectivity index (χ1n) is 6.31. The normalized spacial score (nSPS) is 11.0. The van der Waals surface area contributed by atoms with Crippen LogP contribution in [0.4, 0.5) is 5.95 Å². The quantitative estimate of drug-likeness (QED) is 0.582. The molecule has 0 saturated heterocycles. The number of nitrogens with zero attached hydrogens (tertiary/aromatic N) is 4. The fourth-order valence-corrected chi connectivity index (χ4v) is 2.22. The van der Waals surface area contributed by atoms with Crippen molar-refractivity contribution >= 4 is 16.7 Å². The Morgan fingerprint density at radius 1 is 1.00 bits per heavy atom. The SMILES string of the molecule is Nc1n[nH]c(-c2nc(-c3cccc4ccccc34)no2)n1. The van der Waals surface area contributed by atoms with Crippen molar-refractivity contribution in [1.29, 1.82) is 0 Å². The van der Waals surface area contributed by atoms with Crippen LogP contribution < -0.4 is 5.73 Å². The van der Waals surface area contributed by atoms with Crippen LogP contribution in [0.25, 0.3) is 33.9 Å². The van der Waals surface area contributed by atoms with Gasteiger partial charge in [0, 0.05) is 5.56 Å². The summed E-state index contributed by atoms with van der Waals surface area (Å²) in [5, 5.41) is 12.6. The monoisotopic (exact) mass is 278 g/mol. The van der Waals surface area contributed by atoms with Crippen molar-refractivity contribution in [2.45, 2.75) is 0 Å². The third-order valence-electron chi connectivity index (χ3n) is 3.16. The molecule has 2 aromatic carbocycles. The summed E-state index contributed by atoms with van der Waals surface area (Å²) in [4.78, 5) is 8.31. The Morgan fingerprint density at radius 3 is 2.71 bits per heavy atom. The second kappa shape index (κ2) is 4.41. The van der Waals surface area contributed by atoms with Gasteiger partial charge in [-0.2, -0.15) is 9.97 Å². The minimum absolute atomic E-state index is 0.134. The standard InChI is InChI=1S/C14H10N6O/c15-14-17-12(18-19-14)13-16-11(20-21-13)10-7-3-5-8-4-1-2-6-9(8)10/h1-7H,(H3,15,17,18,19). The average molecular weight is 278 g/mol. The molecular formula is C14H10N6O.